The number of fused-ring (bicyclic) bond motifs is 1. The number of amides is 1. The molecule has 0 bridgehead atoms. The average Bonchev–Trinajstić information content (AvgIpc) is 3.17. The second-order valence-corrected chi connectivity index (χ2v) is 8.51. The third kappa shape index (κ3) is 5.85. The first-order valence-electron chi connectivity index (χ1n) is 11.5. The molecule has 0 spiro atoms. The number of ether oxygens (including phenoxy) is 1. The number of nitrogens with one attached hydrogen (secondary N) is 1. The number of nitrogens with zero attached hydrogens (tertiary/aromatic N) is 1. The van der Waals surface area contributed by atoms with Crippen LogP contribution in [0.2, 0.25) is 0 Å². The highest BCUT2D eigenvalue weighted by Crippen LogP contribution is 2.40. The fraction of sp³-hybridized carbons (Fsp3) is 0.625. The van der Waals surface area contributed by atoms with Crippen LogP contribution in [-0.2, 0) is 19.1 Å². The molecule has 2 aliphatic rings. The molecule has 1 aliphatic carbocycles. The van der Waals surface area contributed by atoms with Crippen molar-refractivity contribution in [1.29, 1.82) is 0 Å². The molecule has 1 saturated carbocycles. The van der Waals surface area contributed by atoms with E-state index in [0.717, 1.165) is 31.2 Å². The van der Waals surface area contributed by atoms with Gasteiger partial charge in [-0.2, -0.15) is 0 Å². The van der Waals surface area contributed by atoms with Gasteiger partial charge in [0.2, 0.25) is 5.91 Å². The standard InChI is InChI=1S/C24H34N2O5/c1-2-31-24(30)19(17-8-4-3-5-9-17)12-14-25-15-13-22(27)26-20-11-7-6-10-18(20)16-21(26)23(28)29/h3-5,8-9,18-21,25H,2,6-7,10-16H2,1H3,(H,28,29)/t18-,19?,20+,21+/m1/s1. The van der Waals surface area contributed by atoms with Crippen LogP contribution in [0.15, 0.2) is 30.3 Å². The van der Waals surface area contributed by atoms with Gasteiger partial charge in [-0.3, -0.25) is 9.59 Å². The number of carboxylic acid groups (broad SMARTS) is 1. The third-order valence-electron chi connectivity index (χ3n) is 6.56. The van der Waals surface area contributed by atoms with E-state index in [0.29, 0.717) is 38.5 Å². The van der Waals surface area contributed by atoms with Crippen LogP contribution >= 0.6 is 0 Å². The normalized spacial score (nSPS) is 23.8. The van der Waals surface area contributed by atoms with Crippen molar-refractivity contribution in [3.05, 3.63) is 35.9 Å². The first-order chi connectivity index (χ1) is 15.0. The van der Waals surface area contributed by atoms with Crippen LogP contribution in [0, 0.1) is 5.92 Å². The summed E-state index contributed by atoms with van der Waals surface area (Å²) in [5, 5.41) is 12.9. The zero-order valence-corrected chi connectivity index (χ0v) is 18.3. The van der Waals surface area contributed by atoms with Gasteiger partial charge < -0.3 is 20.1 Å². The minimum absolute atomic E-state index is 0.0774. The number of hydrogen-bond acceptors (Lipinski definition) is 5. The van der Waals surface area contributed by atoms with Gasteiger partial charge in [0, 0.05) is 19.0 Å². The lowest BCUT2D eigenvalue weighted by Crippen LogP contribution is -2.46. The number of carbonyl (C=O) groups is 3. The monoisotopic (exact) mass is 430 g/mol. The van der Waals surface area contributed by atoms with Crippen molar-refractivity contribution >= 4 is 17.8 Å². The van der Waals surface area contributed by atoms with Gasteiger partial charge >= 0.3 is 11.9 Å². The van der Waals surface area contributed by atoms with E-state index < -0.39 is 12.0 Å². The topological polar surface area (TPSA) is 95.9 Å². The van der Waals surface area contributed by atoms with Crippen LogP contribution in [0.25, 0.3) is 0 Å². The van der Waals surface area contributed by atoms with Gasteiger partial charge in [-0.05, 0) is 50.6 Å². The van der Waals surface area contributed by atoms with E-state index in [2.05, 4.69) is 5.32 Å². The second kappa shape index (κ2) is 11.3. The van der Waals surface area contributed by atoms with Gasteiger partial charge in [0.15, 0.2) is 0 Å². The number of carbonyl (C=O) groups excluding carboxylic acids is 2. The van der Waals surface area contributed by atoms with Crippen LogP contribution < -0.4 is 5.32 Å². The number of aliphatic carboxylic acids is 1. The van der Waals surface area contributed by atoms with Gasteiger partial charge in [-0.25, -0.2) is 4.79 Å². The molecule has 4 atom stereocenters. The maximum absolute atomic E-state index is 12.9. The molecule has 1 unspecified atom stereocenters. The van der Waals surface area contributed by atoms with Gasteiger partial charge in [0.25, 0.3) is 0 Å². The molecule has 3 rings (SSSR count). The molecule has 7 heteroatoms. The number of hydrogen-bond donors (Lipinski definition) is 2. The van der Waals surface area contributed by atoms with Crippen molar-refractivity contribution < 1.29 is 24.2 Å². The van der Waals surface area contributed by atoms with Crippen LogP contribution in [0.5, 0.6) is 0 Å². The predicted molar refractivity (Wildman–Crippen MR) is 117 cm³/mol. The van der Waals surface area contributed by atoms with Gasteiger partial charge in [0.05, 0.1) is 12.5 Å². The Balaban J connectivity index is 1.49. The first kappa shape index (κ1) is 23.3. The molecular formula is C24H34N2O5. The molecule has 7 nitrogen and oxygen atoms in total. The molecule has 0 aromatic heterocycles. The molecule has 1 saturated heterocycles. The van der Waals surface area contributed by atoms with E-state index in [1.807, 2.05) is 30.3 Å². The van der Waals surface area contributed by atoms with E-state index in [4.69, 9.17) is 4.74 Å². The van der Waals surface area contributed by atoms with Crippen LogP contribution in [0.1, 0.15) is 63.4 Å². The fourth-order valence-electron chi connectivity index (χ4n) is 5.08. The smallest absolute Gasteiger partial charge is 0.326 e. The summed E-state index contributed by atoms with van der Waals surface area (Å²) in [6.07, 6.45) is 5.53. The van der Waals surface area contributed by atoms with E-state index in [1.54, 1.807) is 11.8 Å². The Morgan fingerprint density at radius 2 is 1.90 bits per heavy atom. The largest absolute Gasteiger partial charge is 0.480 e. The molecule has 1 amide bonds. The Morgan fingerprint density at radius 3 is 2.61 bits per heavy atom. The third-order valence-corrected chi connectivity index (χ3v) is 6.56. The minimum atomic E-state index is -0.893. The second-order valence-electron chi connectivity index (χ2n) is 8.51. The molecule has 170 valence electrons. The van der Waals surface area contributed by atoms with E-state index >= 15 is 0 Å². The molecular weight excluding hydrogens is 396 g/mol. The molecule has 2 fully saturated rings. The van der Waals surface area contributed by atoms with Crippen molar-refractivity contribution in [2.75, 3.05) is 19.7 Å². The molecule has 1 aliphatic heterocycles. The average molecular weight is 431 g/mol. The Bertz CT molecular complexity index is 754. The maximum Gasteiger partial charge on any atom is 0.326 e. The maximum atomic E-state index is 12.9. The van der Waals surface area contributed by atoms with Gasteiger partial charge in [0.1, 0.15) is 6.04 Å². The number of esters is 1. The summed E-state index contributed by atoms with van der Waals surface area (Å²) in [6.45, 7) is 3.17. The number of carboxylic acids is 1. The lowest BCUT2D eigenvalue weighted by atomic mass is 9.84. The minimum Gasteiger partial charge on any atom is -0.480 e. The molecule has 0 radical (unpaired) electrons. The van der Waals surface area contributed by atoms with Gasteiger partial charge in [-0.15, -0.1) is 0 Å². The first-order valence-corrected chi connectivity index (χ1v) is 11.5. The highest BCUT2D eigenvalue weighted by Gasteiger charge is 2.47. The quantitative estimate of drug-likeness (QED) is 0.438. The lowest BCUT2D eigenvalue weighted by Gasteiger charge is -2.33. The molecule has 1 heterocycles. The van der Waals surface area contributed by atoms with E-state index in [1.165, 1.54) is 0 Å². The lowest BCUT2D eigenvalue weighted by molar-refractivity contribution is -0.149. The van der Waals surface area contributed by atoms with Crippen molar-refractivity contribution in [2.45, 2.75) is 69.9 Å². The van der Waals surface area contributed by atoms with E-state index in [9.17, 15) is 19.5 Å². The number of likely N-dealkylation sites (tertiary alicyclic amines) is 1. The number of rotatable bonds is 10. The molecule has 1 aromatic carbocycles. The Labute approximate surface area is 184 Å². The SMILES string of the molecule is CCOC(=O)C(CCNCCC(=O)N1[C@H](C(=O)O)C[C@H]2CCCC[C@@H]21)c1ccccc1. The van der Waals surface area contributed by atoms with Crippen LogP contribution in [-0.4, -0.2) is 59.6 Å². The summed E-state index contributed by atoms with van der Waals surface area (Å²) in [5.74, 6) is -1.24. The predicted octanol–water partition coefficient (Wildman–Crippen LogP) is 2.95. The van der Waals surface area contributed by atoms with Crippen molar-refractivity contribution in [2.24, 2.45) is 5.92 Å². The van der Waals surface area contributed by atoms with E-state index in [-0.39, 0.29) is 30.3 Å². The number of benzene rings is 1. The Morgan fingerprint density at radius 1 is 1.16 bits per heavy atom. The Hall–Kier alpha value is -2.41. The van der Waals surface area contributed by atoms with Crippen LogP contribution in [0.4, 0.5) is 0 Å². The summed E-state index contributed by atoms with van der Waals surface area (Å²) in [7, 11) is 0. The molecule has 31 heavy (non-hydrogen) atoms. The summed E-state index contributed by atoms with van der Waals surface area (Å²) in [4.78, 5) is 38.6. The highest BCUT2D eigenvalue weighted by molar-refractivity contribution is 5.85. The highest BCUT2D eigenvalue weighted by atomic mass is 16.5. The van der Waals surface area contributed by atoms with Gasteiger partial charge in [-0.1, -0.05) is 43.2 Å². The van der Waals surface area contributed by atoms with Crippen LogP contribution in [0.3, 0.4) is 0 Å². The van der Waals surface area contributed by atoms with Crippen molar-refractivity contribution in [1.82, 2.24) is 10.2 Å². The Kier molecular flexibility index (Phi) is 8.46. The zero-order chi connectivity index (χ0) is 22.2. The zero-order valence-electron chi connectivity index (χ0n) is 18.3. The van der Waals surface area contributed by atoms with Crippen molar-refractivity contribution in [3.8, 4) is 0 Å². The summed E-state index contributed by atoms with van der Waals surface area (Å²) in [5.41, 5.74) is 0.920. The van der Waals surface area contributed by atoms with Crippen molar-refractivity contribution in [3.63, 3.8) is 0 Å². The molecule has 2 N–H and O–H groups in total. The molecule has 1 aromatic rings. The summed E-state index contributed by atoms with van der Waals surface area (Å²) >= 11 is 0. The summed E-state index contributed by atoms with van der Waals surface area (Å²) < 4.78 is 5.22. The summed E-state index contributed by atoms with van der Waals surface area (Å²) in [6, 6.07) is 8.95. The fourth-order valence-corrected chi connectivity index (χ4v) is 5.08.